The molecule has 17 heavy (non-hydrogen) atoms. The SMILES string of the molecule is CCNC(c1c(OC)cnn1CC)C(C)OC. The van der Waals surface area contributed by atoms with Crippen molar-refractivity contribution in [2.24, 2.45) is 0 Å². The van der Waals surface area contributed by atoms with Crippen LogP contribution >= 0.6 is 0 Å². The van der Waals surface area contributed by atoms with E-state index in [4.69, 9.17) is 9.47 Å². The molecule has 0 aliphatic carbocycles. The van der Waals surface area contributed by atoms with Crippen LogP contribution in [-0.4, -0.2) is 36.6 Å². The molecule has 0 radical (unpaired) electrons. The number of likely N-dealkylation sites (N-methyl/N-ethyl adjacent to an activating group) is 1. The summed E-state index contributed by atoms with van der Waals surface area (Å²) < 4.78 is 12.7. The van der Waals surface area contributed by atoms with Gasteiger partial charge in [-0.2, -0.15) is 5.10 Å². The van der Waals surface area contributed by atoms with Crippen molar-refractivity contribution in [2.75, 3.05) is 20.8 Å². The molecule has 1 rings (SSSR count). The highest BCUT2D eigenvalue weighted by molar-refractivity contribution is 5.29. The van der Waals surface area contributed by atoms with Crippen molar-refractivity contribution in [3.8, 4) is 5.75 Å². The molecule has 1 aromatic heterocycles. The second kappa shape index (κ2) is 6.61. The fraction of sp³-hybridized carbons (Fsp3) is 0.750. The van der Waals surface area contributed by atoms with Gasteiger partial charge in [0.15, 0.2) is 5.75 Å². The summed E-state index contributed by atoms with van der Waals surface area (Å²) in [5.74, 6) is 0.807. The monoisotopic (exact) mass is 241 g/mol. The van der Waals surface area contributed by atoms with Gasteiger partial charge in [0.25, 0.3) is 0 Å². The molecule has 0 aliphatic heterocycles. The van der Waals surface area contributed by atoms with E-state index in [1.165, 1.54) is 0 Å². The minimum atomic E-state index is 0.0610. The van der Waals surface area contributed by atoms with Gasteiger partial charge in [-0.1, -0.05) is 6.92 Å². The Morgan fingerprint density at radius 1 is 1.41 bits per heavy atom. The Balaban J connectivity index is 3.10. The molecule has 0 aromatic carbocycles. The van der Waals surface area contributed by atoms with Crippen LogP contribution in [0.3, 0.4) is 0 Å². The Morgan fingerprint density at radius 2 is 2.12 bits per heavy atom. The van der Waals surface area contributed by atoms with Crippen molar-refractivity contribution in [3.63, 3.8) is 0 Å². The standard InChI is InChI=1S/C12H23N3O2/c1-6-13-11(9(3)16-4)12-10(17-5)8-14-15(12)7-2/h8-9,11,13H,6-7H2,1-5H3. The summed E-state index contributed by atoms with van der Waals surface area (Å²) >= 11 is 0. The Labute approximate surface area is 103 Å². The lowest BCUT2D eigenvalue weighted by atomic mass is 10.1. The van der Waals surface area contributed by atoms with Gasteiger partial charge in [-0.05, 0) is 20.4 Å². The van der Waals surface area contributed by atoms with Gasteiger partial charge in [0.05, 0.1) is 31.1 Å². The molecule has 0 spiro atoms. The van der Waals surface area contributed by atoms with Crippen LogP contribution in [0.2, 0.25) is 0 Å². The molecule has 0 amide bonds. The molecule has 0 bridgehead atoms. The fourth-order valence-corrected chi connectivity index (χ4v) is 1.94. The zero-order valence-electron chi connectivity index (χ0n) is 11.4. The predicted molar refractivity (Wildman–Crippen MR) is 67.3 cm³/mol. The number of nitrogens with one attached hydrogen (secondary N) is 1. The quantitative estimate of drug-likeness (QED) is 0.787. The third kappa shape index (κ3) is 2.98. The molecule has 2 unspecified atom stereocenters. The number of ether oxygens (including phenoxy) is 2. The minimum Gasteiger partial charge on any atom is -0.493 e. The van der Waals surface area contributed by atoms with Crippen LogP contribution in [0.15, 0.2) is 6.20 Å². The van der Waals surface area contributed by atoms with Crippen LogP contribution in [0.5, 0.6) is 5.75 Å². The van der Waals surface area contributed by atoms with Crippen molar-refractivity contribution in [2.45, 2.75) is 39.5 Å². The van der Waals surface area contributed by atoms with Crippen LogP contribution in [0.4, 0.5) is 0 Å². The molecule has 0 saturated carbocycles. The Hall–Kier alpha value is -1.07. The van der Waals surface area contributed by atoms with E-state index in [-0.39, 0.29) is 12.1 Å². The molecule has 1 heterocycles. The first-order valence-electron chi connectivity index (χ1n) is 6.05. The van der Waals surface area contributed by atoms with Crippen molar-refractivity contribution < 1.29 is 9.47 Å². The molecular formula is C12H23N3O2. The van der Waals surface area contributed by atoms with Gasteiger partial charge in [0.1, 0.15) is 0 Å². The Morgan fingerprint density at radius 3 is 2.59 bits per heavy atom. The van der Waals surface area contributed by atoms with Gasteiger partial charge in [-0.15, -0.1) is 0 Å². The number of hydrogen-bond donors (Lipinski definition) is 1. The molecule has 1 aromatic rings. The molecule has 0 saturated heterocycles. The van der Waals surface area contributed by atoms with Crippen LogP contribution < -0.4 is 10.1 Å². The van der Waals surface area contributed by atoms with Gasteiger partial charge in [0.2, 0.25) is 0 Å². The molecule has 98 valence electrons. The highest BCUT2D eigenvalue weighted by atomic mass is 16.5. The molecule has 0 fully saturated rings. The van der Waals surface area contributed by atoms with Gasteiger partial charge in [-0.3, -0.25) is 4.68 Å². The van der Waals surface area contributed by atoms with Gasteiger partial charge in [0, 0.05) is 13.7 Å². The van der Waals surface area contributed by atoms with Crippen molar-refractivity contribution in [1.82, 2.24) is 15.1 Å². The van der Waals surface area contributed by atoms with Crippen molar-refractivity contribution in [1.29, 1.82) is 0 Å². The summed E-state index contributed by atoms with van der Waals surface area (Å²) in [6.45, 7) is 7.87. The molecule has 5 heteroatoms. The highest BCUT2D eigenvalue weighted by Gasteiger charge is 2.25. The number of aromatic nitrogens is 2. The van der Waals surface area contributed by atoms with E-state index in [1.54, 1.807) is 20.4 Å². The molecule has 0 aliphatic rings. The second-order valence-corrected chi connectivity index (χ2v) is 3.89. The number of rotatable bonds is 7. The van der Waals surface area contributed by atoms with Crippen LogP contribution in [0, 0.1) is 0 Å². The lowest BCUT2D eigenvalue weighted by molar-refractivity contribution is 0.0796. The normalized spacial score (nSPS) is 14.6. The first kappa shape index (κ1) is 14.0. The van der Waals surface area contributed by atoms with E-state index < -0.39 is 0 Å². The predicted octanol–water partition coefficient (Wildman–Crippen LogP) is 1.60. The average molecular weight is 241 g/mol. The average Bonchev–Trinajstić information content (AvgIpc) is 2.77. The van der Waals surface area contributed by atoms with Crippen molar-refractivity contribution in [3.05, 3.63) is 11.9 Å². The van der Waals surface area contributed by atoms with E-state index in [9.17, 15) is 0 Å². The number of hydrogen-bond acceptors (Lipinski definition) is 4. The van der Waals surface area contributed by atoms with E-state index in [1.807, 2.05) is 11.6 Å². The fourth-order valence-electron chi connectivity index (χ4n) is 1.94. The van der Waals surface area contributed by atoms with E-state index in [0.717, 1.165) is 24.5 Å². The summed E-state index contributed by atoms with van der Waals surface area (Å²) in [5, 5.41) is 7.74. The first-order valence-corrected chi connectivity index (χ1v) is 6.05. The summed E-state index contributed by atoms with van der Waals surface area (Å²) in [4.78, 5) is 0. The lowest BCUT2D eigenvalue weighted by Crippen LogP contribution is -2.33. The maximum absolute atomic E-state index is 5.43. The number of aryl methyl sites for hydroxylation is 1. The van der Waals surface area contributed by atoms with Gasteiger partial charge >= 0.3 is 0 Å². The third-order valence-electron chi connectivity index (χ3n) is 2.92. The zero-order chi connectivity index (χ0) is 12.8. The van der Waals surface area contributed by atoms with Gasteiger partial charge in [-0.25, -0.2) is 0 Å². The van der Waals surface area contributed by atoms with E-state index >= 15 is 0 Å². The molecular weight excluding hydrogens is 218 g/mol. The summed E-state index contributed by atoms with van der Waals surface area (Å²) in [6, 6.07) is 0.0856. The summed E-state index contributed by atoms with van der Waals surface area (Å²) in [5.41, 5.74) is 1.05. The highest BCUT2D eigenvalue weighted by Crippen LogP contribution is 2.28. The topological polar surface area (TPSA) is 48.3 Å². The second-order valence-electron chi connectivity index (χ2n) is 3.89. The minimum absolute atomic E-state index is 0.0610. The van der Waals surface area contributed by atoms with E-state index in [2.05, 4.69) is 24.3 Å². The number of methoxy groups -OCH3 is 2. The summed E-state index contributed by atoms with van der Waals surface area (Å²) in [7, 11) is 3.38. The smallest absolute Gasteiger partial charge is 0.161 e. The lowest BCUT2D eigenvalue weighted by Gasteiger charge is -2.25. The van der Waals surface area contributed by atoms with Crippen LogP contribution in [-0.2, 0) is 11.3 Å². The summed E-state index contributed by atoms with van der Waals surface area (Å²) in [6.07, 6.45) is 1.82. The maximum Gasteiger partial charge on any atom is 0.161 e. The largest absolute Gasteiger partial charge is 0.493 e. The van der Waals surface area contributed by atoms with Crippen LogP contribution in [0.1, 0.15) is 32.5 Å². The molecule has 2 atom stereocenters. The maximum atomic E-state index is 5.43. The van der Waals surface area contributed by atoms with Crippen molar-refractivity contribution >= 4 is 0 Å². The van der Waals surface area contributed by atoms with E-state index in [0.29, 0.717) is 0 Å². The first-order chi connectivity index (χ1) is 8.19. The molecule has 1 N–H and O–H groups in total. The number of nitrogens with zero attached hydrogens (tertiary/aromatic N) is 2. The third-order valence-corrected chi connectivity index (χ3v) is 2.92. The molecule has 5 nitrogen and oxygen atoms in total. The zero-order valence-corrected chi connectivity index (χ0v) is 11.4. The van der Waals surface area contributed by atoms with Crippen LogP contribution in [0.25, 0.3) is 0 Å². The van der Waals surface area contributed by atoms with Gasteiger partial charge < -0.3 is 14.8 Å². The Kier molecular flexibility index (Phi) is 5.44. The Bertz CT molecular complexity index is 317.